The van der Waals surface area contributed by atoms with Gasteiger partial charge in [-0.1, -0.05) is 0 Å². The van der Waals surface area contributed by atoms with Gasteiger partial charge in [-0.2, -0.15) is 4.40 Å². The minimum absolute atomic E-state index is 0.133. The van der Waals surface area contributed by atoms with E-state index in [1.165, 1.54) is 6.07 Å². The summed E-state index contributed by atoms with van der Waals surface area (Å²) in [6.07, 6.45) is 0. The Morgan fingerprint density at radius 2 is 2.29 bits per heavy atom. The number of phenolic OH excluding ortho intramolecular Hbond substituents is 1. The first-order valence-corrected chi connectivity index (χ1v) is 5.86. The summed E-state index contributed by atoms with van der Waals surface area (Å²) in [4.78, 5) is 0. The van der Waals surface area contributed by atoms with Crippen molar-refractivity contribution in [1.82, 2.24) is 0 Å². The number of hydrogen-bond donors (Lipinski definition) is 2. The molecule has 1 aromatic rings. The van der Waals surface area contributed by atoms with Gasteiger partial charge in [0.25, 0.3) is 0 Å². The van der Waals surface area contributed by atoms with Gasteiger partial charge in [0.1, 0.15) is 11.6 Å². The average molecular weight is 210 g/mol. The van der Waals surface area contributed by atoms with Crippen molar-refractivity contribution >= 4 is 21.4 Å². The number of benzene rings is 1. The monoisotopic (exact) mass is 210 g/mol. The molecule has 0 radical (unpaired) electrons. The molecule has 0 saturated heterocycles. The van der Waals surface area contributed by atoms with Crippen LogP contribution in [0.25, 0.3) is 0 Å². The third kappa shape index (κ3) is 1.46. The van der Waals surface area contributed by atoms with Crippen LogP contribution in [0.5, 0.6) is 5.75 Å². The molecule has 1 atom stereocenters. The molecule has 14 heavy (non-hydrogen) atoms. The first-order valence-electron chi connectivity index (χ1n) is 4.00. The fourth-order valence-corrected chi connectivity index (χ4v) is 2.70. The van der Waals surface area contributed by atoms with Crippen molar-refractivity contribution in [1.29, 1.82) is 0 Å². The summed E-state index contributed by atoms with van der Waals surface area (Å²) < 4.78 is 15.4. The molecule has 5 heteroatoms. The smallest absolute Gasteiger partial charge is 0.141 e. The minimum Gasteiger partial charge on any atom is -0.508 e. The molecule has 1 aromatic carbocycles. The van der Waals surface area contributed by atoms with Crippen LogP contribution in [0.2, 0.25) is 0 Å². The number of nitrogens with zero attached hydrogens (tertiary/aromatic N) is 1. The molecule has 0 aliphatic carbocycles. The van der Waals surface area contributed by atoms with E-state index < -0.39 is 9.71 Å². The Hall–Kier alpha value is -1.49. The highest BCUT2D eigenvalue weighted by molar-refractivity contribution is 7.98. The van der Waals surface area contributed by atoms with Crippen LogP contribution in [0, 0.1) is 0 Å². The molecule has 3 N–H and O–H groups in total. The van der Waals surface area contributed by atoms with Crippen LogP contribution in [-0.4, -0.2) is 21.0 Å². The fourth-order valence-electron chi connectivity index (χ4n) is 1.45. The second-order valence-corrected chi connectivity index (χ2v) is 5.25. The van der Waals surface area contributed by atoms with Gasteiger partial charge in [-0.05, 0) is 29.6 Å². The zero-order valence-electron chi connectivity index (χ0n) is 7.43. The second kappa shape index (κ2) is 2.75. The first kappa shape index (κ1) is 9.08. The third-order valence-electron chi connectivity index (χ3n) is 2.01. The maximum absolute atomic E-state index is 11.6. The van der Waals surface area contributed by atoms with Crippen LogP contribution in [0.1, 0.15) is 11.1 Å². The summed E-state index contributed by atoms with van der Waals surface area (Å²) in [5, 5.41) is 9.25. The lowest BCUT2D eigenvalue weighted by atomic mass is 10.1. The molecule has 2 rings (SSSR count). The Morgan fingerprint density at radius 1 is 1.57 bits per heavy atom. The molecule has 0 aromatic heterocycles. The number of phenols is 1. The summed E-state index contributed by atoms with van der Waals surface area (Å²) in [7, 11) is -2.51. The van der Waals surface area contributed by atoms with Gasteiger partial charge >= 0.3 is 0 Å². The second-order valence-electron chi connectivity index (χ2n) is 3.23. The fraction of sp³-hybridized carbons (Fsp3) is 0.111. The standard InChI is InChI=1S/C9H10N2O2S/c1-14(13)5-6-4-7(12)2-3-8(6)9(10)11-14/h2-4,12H,1,5H2,(H2,10,11,13). The van der Waals surface area contributed by atoms with Crippen molar-refractivity contribution in [3.63, 3.8) is 0 Å². The van der Waals surface area contributed by atoms with Crippen LogP contribution in [0.3, 0.4) is 0 Å². The topological polar surface area (TPSA) is 75.7 Å². The molecule has 4 nitrogen and oxygen atoms in total. The average Bonchev–Trinajstić information content (AvgIpc) is 2.00. The van der Waals surface area contributed by atoms with Gasteiger partial charge in [-0.15, -0.1) is 0 Å². The van der Waals surface area contributed by atoms with E-state index in [-0.39, 0.29) is 17.3 Å². The van der Waals surface area contributed by atoms with Gasteiger partial charge in [0.15, 0.2) is 0 Å². The van der Waals surface area contributed by atoms with Crippen molar-refractivity contribution in [3.05, 3.63) is 29.3 Å². The Bertz CT molecular complexity index is 518. The van der Waals surface area contributed by atoms with E-state index in [1.807, 2.05) is 0 Å². The number of rotatable bonds is 0. The zero-order valence-corrected chi connectivity index (χ0v) is 8.25. The maximum Gasteiger partial charge on any atom is 0.141 e. The predicted molar refractivity (Wildman–Crippen MR) is 57.8 cm³/mol. The van der Waals surface area contributed by atoms with Crippen LogP contribution < -0.4 is 5.73 Å². The first-order chi connectivity index (χ1) is 6.48. The van der Waals surface area contributed by atoms with Gasteiger partial charge in [0.05, 0.1) is 15.5 Å². The highest BCUT2D eigenvalue weighted by atomic mass is 32.2. The van der Waals surface area contributed by atoms with Crippen LogP contribution in [-0.2, 0) is 15.5 Å². The normalized spacial score (nSPS) is 25.3. The van der Waals surface area contributed by atoms with Crippen LogP contribution in [0.4, 0.5) is 0 Å². The van der Waals surface area contributed by atoms with Crippen LogP contribution >= 0.6 is 0 Å². The Balaban J connectivity index is 2.68. The quantitative estimate of drug-likeness (QED) is 0.602. The summed E-state index contributed by atoms with van der Waals surface area (Å²) >= 11 is 0. The maximum atomic E-state index is 11.6. The highest BCUT2D eigenvalue weighted by Gasteiger charge is 2.18. The molecule has 0 spiro atoms. The molecule has 1 heterocycles. The lowest BCUT2D eigenvalue weighted by Gasteiger charge is -2.16. The molecule has 0 amide bonds. The van der Waals surface area contributed by atoms with E-state index in [2.05, 4.69) is 10.3 Å². The number of fused-ring (bicyclic) bond motifs is 1. The molecule has 0 bridgehead atoms. The summed E-state index contributed by atoms with van der Waals surface area (Å²) in [6, 6.07) is 4.73. The predicted octanol–water partition coefficient (Wildman–Crippen LogP) is 0.243. The van der Waals surface area contributed by atoms with Gasteiger partial charge in [0, 0.05) is 5.56 Å². The van der Waals surface area contributed by atoms with Crippen molar-refractivity contribution in [3.8, 4) is 5.75 Å². The van der Waals surface area contributed by atoms with Crippen molar-refractivity contribution in [2.24, 2.45) is 10.1 Å². The Morgan fingerprint density at radius 3 is 3.00 bits per heavy atom. The lowest BCUT2D eigenvalue weighted by molar-refractivity contribution is 0.475. The van der Waals surface area contributed by atoms with E-state index in [9.17, 15) is 9.32 Å². The molecule has 1 aliphatic heterocycles. The summed E-state index contributed by atoms with van der Waals surface area (Å²) in [6.45, 7) is 0. The van der Waals surface area contributed by atoms with E-state index in [0.717, 1.165) is 11.1 Å². The van der Waals surface area contributed by atoms with E-state index >= 15 is 0 Å². The number of nitrogens with two attached hydrogens (primary N) is 1. The molecular weight excluding hydrogens is 200 g/mol. The third-order valence-corrected chi connectivity index (χ3v) is 3.30. The molecule has 74 valence electrons. The zero-order chi connectivity index (χ0) is 10.3. The van der Waals surface area contributed by atoms with Crippen LogP contribution in [0.15, 0.2) is 22.6 Å². The molecular formula is C9H10N2O2S. The van der Waals surface area contributed by atoms with E-state index in [0.29, 0.717) is 0 Å². The number of hydrogen-bond acceptors (Lipinski definition) is 3. The molecule has 1 unspecified atom stereocenters. The SMILES string of the molecule is C=S1(=O)Cc2cc(O)ccc2C(N)=N1. The Kier molecular flexibility index (Phi) is 1.78. The minimum atomic E-state index is -2.51. The number of amidine groups is 1. The van der Waals surface area contributed by atoms with E-state index in [1.54, 1.807) is 12.1 Å². The highest BCUT2D eigenvalue weighted by Crippen LogP contribution is 2.23. The summed E-state index contributed by atoms with van der Waals surface area (Å²) in [5.74, 6) is 4.08. The van der Waals surface area contributed by atoms with Crippen molar-refractivity contribution in [2.75, 3.05) is 0 Å². The molecule has 0 fully saturated rings. The molecule has 1 aliphatic rings. The molecule has 0 saturated carbocycles. The van der Waals surface area contributed by atoms with Crippen molar-refractivity contribution < 1.29 is 9.32 Å². The van der Waals surface area contributed by atoms with Crippen molar-refractivity contribution in [2.45, 2.75) is 5.75 Å². The largest absolute Gasteiger partial charge is 0.508 e. The number of aromatic hydroxyl groups is 1. The Labute approximate surface area is 82.2 Å². The van der Waals surface area contributed by atoms with Gasteiger partial charge < -0.3 is 10.8 Å². The summed E-state index contributed by atoms with van der Waals surface area (Å²) in [5.41, 5.74) is 7.08. The van der Waals surface area contributed by atoms with Gasteiger partial charge in [0.2, 0.25) is 0 Å². The lowest BCUT2D eigenvalue weighted by Crippen LogP contribution is -2.23. The van der Waals surface area contributed by atoms with Gasteiger partial charge in [-0.25, -0.2) is 4.21 Å². The van der Waals surface area contributed by atoms with E-state index in [4.69, 9.17) is 5.73 Å². The van der Waals surface area contributed by atoms with Gasteiger partial charge in [-0.3, -0.25) is 0 Å².